The third-order valence-electron chi connectivity index (χ3n) is 3.40. The molecular weight excluding hydrogens is 343 g/mol. The molecule has 0 aromatic heterocycles. The van der Waals surface area contributed by atoms with Gasteiger partial charge in [-0.05, 0) is 66.8 Å². The predicted octanol–water partition coefficient (Wildman–Crippen LogP) is 6.40. The highest BCUT2D eigenvalue weighted by atomic mass is 79.9. The number of benzene rings is 2. The lowest BCUT2D eigenvalue weighted by Gasteiger charge is -2.17. The fraction of sp³-hybridized carbons (Fsp3) is 0.250. The smallest absolute Gasteiger partial charge is 0.0662 e. The Hall–Kier alpha value is -0.500. The Morgan fingerprint density at radius 2 is 1.47 bits per heavy atom. The molecule has 0 heterocycles. The molecule has 0 saturated carbocycles. The maximum absolute atomic E-state index is 6.38. The molecule has 0 bridgehead atoms. The van der Waals surface area contributed by atoms with Crippen LogP contribution in [0.1, 0.15) is 32.6 Å². The molecule has 19 heavy (non-hydrogen) atoms. The summed E-state index contributed by atoms with van der Waals surface area (Å²) >= 11 is 16.2. The van der Waals surface area contributed by atoms with Gasteiger partial charge in [-0.2, -0.15) is 0 Å². The second-order valence-corrected chi connectivity index (χ2v) is 6.58. The normalized spacial score (nSPS) is 12.5. The van der Waals surface area contributed by atoms with Crippen molar-refractivity contribution in [2.24, 2.45) is 0 Å². The van der Waals surface area contributed by atoms with E-state index < -0.39 is 0 Å². The molecule has 0 fully saturated rings. The van der Waals surface area contributed by atoms with Gasteiger partial charge in [0.05, 0.1) is 4.83 Å². The molecular formula is C16H15BrCl2. The molecule has 0 aliphatic carbocycles. The van der Waals surface area contributed by atoms with Crippen LogP contribution in [-0.2, 0) is 0 Å². The molecule has 3 heteroatoms. The average molecular weight is 358 g/mol. The third-order valence-corrected chi connectivity index (χ3v) is 4.95. The Kier molecular flexibility index (Phi) is 4.60. The first-order valence-corrected chi connectivity index (χ1v) is 7.74. The fourth-order valence-electron chi connectivity index (χ4n) is 2.05. The van der Waals surface area contributed by atoms with Crippen LogP contribution in [0.4, 0.5) is 0 Å². The second-order valence-electron chi connectivity index (χ2n) is 4.82. The van der Waals surface area contributed by atoms with Crippen molar-refractivity contribution < 1.29 is 0 Å². The monoisotopic (exact) mass is 356 g/mol. The molecule has 0 amide bonds. The highest BCUT2D eigenvalue weighted by Gasteiger charge is 2.17. The van der Waals surface area contributed by atoms with E-state index in [1.807, 2.05) is 24.3 Å². The number of rotatable bonds is 2. The number of hydrogen-bond donors (Lipinski definition) is 0. The van der Waals surface area contributed by atoms with E-state index in [-0.39, 0.29) is 4.83 Å². The van der Waals surface area contributed by atoms with E-state index in [0.29, 0.717) is 0 Å². The fourth-order valence-corrected chi connectivity index (χ4v) is 3.56. The van der Waals surface area contributed by atoms with Crippen LogP contribution in [0.2, 0.25) is 10.0 Å². The predicted molar refractivity (Wildman–Crippen MR) is 87.9 cm³/mol. The minimum Gasteiger partial charge on any atom is -0.0843 e. The molecule has 0 spiro atoms. The molecule has 0 radical (unpaired) electrons. The van der Waals surface area contributed by atoms with E-state index in [4.69, 9.17) is 23.2 Å². The average Bonchev–Trinajstić information content (AvgIpc) is 2.36. The summed E-state index contributed by atoms with van der Waals surface area (Å²) in [6, 6.07) is 10.1. The van der Waals surface area contributed by atoms with Gasteiger partial charge in [0.1, 0.15) is 0 Å². The quantitative estimate of drug-likeness (QED) is 0.545. The van der Waals surface area contributed by atoms with Crippen molar-refractivity contribution in [2.45, 2.75) is 25.6 Å². The van der Waals surface area contributed by atoms with Crippen molar-refractivity contribution in [1.82, 2.24) is 0 Å². The largest absolute Gasteiger partial charge is 0.0843 e. The Labute approximate surface area is 132 Å². The maximum Gasteiger partial charge on any atom is 0.0662 e. The minimum absolute atomic E-state index is 0.0537. The topological polar surface area (TPSA) is 0 Å². The minimum atomic E-state index is 0.0537. The summed E-state index contributed by atoms with van der Waals surface area (Å²) in [6.07, 6.45) is 0. The van der Waals surface area contributed by atoms with Crippen LogP contribution in [0.5, 0.6) is 0 Å². The van der Waals surface area contributed by atoms with Crippen molar-refractivity contribution >= 4 is 39.1 Å². The van der Waals surface area contributed by atoms with Crippen molar-refractivity contribution in [3.63, 3.8) is 0 Å². The third kappa shape index (κ3) is 3.16. The number of halogens is 3. The first-order chi connectivity index (χ1) is 8.90. The first-order valence-electron chi connectivity index (χ1n) is 6.07. The van der Waals surface area contributed by atoms with Gasteiger partial charge in [0.2, 0.25) is 0 Å². The van der Waals surface area contributed by atoms with E-state index >= 15 is 0 Å². The zero-order valence-corrected chi connectivity index (χ0v) is 14.2. The van der Waals surface area contributed by atoms with Crippen molar-refractivity contribution in [3.8, 4) is 0 Å². The second kappa shape index (κ2) is 5.87. The summed E-state index contributed by atoms with van der Waals surface area (Å²) in [5.74, 6) is 0. The summed E-state index contributed by atoms with van der Waals surface area (Å²) < 4.78 is 0. The van der Waals surface area contributed by atoms with Gasteiger partial charge in [0.25, 0.3) is 0 Å². The summed E-state index contributed by atoms with van der Waals surface area (Å²) in [7, 11) is 0. The van der Waals surface area contributed by atoms with Crippen LogP contribution in [-0.4, -0.2) is 0 Å². The lowest BCUT2D eigenvalue weighted by Crippen LogP contribution is -1.98. The lowest BCUT2D eigenvalue weighted by molar-refractivity contribution is 1.13. The Morgan fingerprint density at radius 3 is 2.16 bits per heavy atom. The van der Waals surface area contributed by atoms with Crippen molar-refractivity contribution in [3.05, 3.63) is 68.2 Å². The van der Waals surface area contributed by atoms with Gasteiger partial charge >= 0.3 is 0 Å². The van der Waals surface area contributed by atoms with E-state index in [9.17, 15) is 0 Å². The maximum atomic E-state index is 6.38. The van der Waals surface area contributed by atoms with Gasteiger partial charge in [0, 0.05) is 10.0 Å². The van der Waals surface area contributed by atoms with E-state index in [1.54, 1.807) is 0 Å². The highest BCUT2D eigenvalue weighted by molar-refractivity contribution is 9.09. The zero-order chi connectivity index (χ0) is 14.2. The molecule has 1 atom stereocenters. The Bertz CT molecular complexity index is 620. The van der Waals surface area contributed by atoms with Gasteiger partial charge in [0.15, 0.2) is 0 Å². The van der Waals surface area contributed by atoms with Gasteiger partial charge in [-0.15, -0.1) is 0 Å². The van der Waals surface area contributed by atoms with Crippen LogP contribution in [0.15, 0.2) is 30.3 Å². The summed E-state index contributed by atoms with van der Waals surface area (Å²) in [5.41, 5.74) is 5.87. The standard InChI is InChI=1S/C16H15BrCl2/c1-9-4-5-12(18)8-13(9)16(17)14-6-10(2)11(3)7-15(14)19/h4-8,16H,1-3H3. The van der Waals surface area contributed by atoms with E-state index in [2.05, 4.69) is 42.8 Å². The van der Waals surface area contributed by atoms with Crippen LogP contribution >= 0.6 is 39.1 Å². The first kappa shape index (κ1) is 14.9. The SMILES string of the molecule is Cc1cc(Cl)c(C(Br)c2cc(Cl)ccc2C)cc1C. The Balaban J connectivity index is 2.52. The Morgan fingerprint density at radius 1 is 0.842 bits per heavy atom. The molecule has 0 N–H and O–H groups in total. The molecule has 2 rings (SSSR count). The number of hydrogen-bond acceptors (Lipinski definition) is 0. The number of alkyl halides is 1. The molecule has 2 aromatic carbocycles. The summed E-state index contributed by atoms with van der Waals surface area (Å²) in [5, 5.41) is 1.52. The molecule has 100 valence electrons. The van der Waals surface area contributed by atoms with Gasteiger partial charge in [-0.3, -0.25) is 0 Å². The van der Waals surface area contributed by atoms with Crippen LogP contribution in [0.25, 0.3) is 0 Å². The van der Waals surface area contributed by atoms with Crippen molar-refractivity contribution in [2.75, 3.05) is 0 Å². The van der Waals surface area contributed by atoms with Gasteiger partial charge in [-0.1, -0.05) is 51.3 Å². The van der Waals surface area contributed by atoms with Crippen LogP contribution < -0.4 is 0 Å². The van der Waals surface area contributed by atoms with Gasteiger partial charge < -0.3 is 0 Å². The molecule has 0 aliphatic heterocycles. The van der Waals surface area contributed by atoms with Crippen molar-refractivity contribution in [1.29, 1.82) is 0 Å². The molecule has 0 saturated heterocycles. The van der Waals surface area contributed by atoms with Crippen LogP contribution in [0, 0.1) is 20.8 Å². The van der Waals surface area contributed by atoms with Crippen LogP contribution in [0.3, 0.4) is 0 Å². The molecule has 1 unspecified atom stereocenters. The van der Waals surface area contributed by atoms with E-state index in [0.717, 1.165) is 21.2 Å². The van der Waals surface area contributed by atoms with Gasteiger partial charge in [-0.25, -0.2) is 0 Å². The number of aryl methyl sites for hydroxylation is 3. The van der Waals surface area contributed by atoms with E-state index in [1.165, 1.54) is 16.7 Å². The molecule has 0 aliphatic rings. The molecule has 0 nitrogen and oxygen atoms in total. The summed E-state index contributed by atoms with van der Waals surface area (Å²) in [6.45, 7) is 6.24. The zero-order valence-electron chi connectivity index (χ0n) is 11.1. The summed E-state index contributed by atoms with van der Waals surface area (Å²) in [4.78, 5) is 0.0537. The lowest BCUT2D eigenvalue weighted by atomic mass is 9.97. The molecule has 2 aromatic rings. The highest BCUT2D eigenvalue weighted by Crippen LogP contribution is 2.38.